The third kappa shape index (κ3) is 5.30. The zero-order valence-electron chi connectivity index (χ0n) is 20.8. The molecule has 3 aromatic rings. The summed E-state index contributed by atoms with van der Waals surface area (Å²) in [6, 6.07) is 6.26. The summed E-state index contributed by atoms with van der Waals surface area (Å²) < 4.78 is 1.81. The van der Waals surface area contributed by atoms with E-state index < -0.39 is 0 Å². The highest BCUT2D eigenvalue weighted by molar-refractivity contribution is 7.17. The molecule has 0 spiro atoms. The van der Waals surface area contributed by atoms with Crippen molar-refractivity contribution in [1.29, 1.82) is 0 Å². The number of hydrogen-bond donors (Lipinski definition) is 3. The Balaban J connectivity index is 1.23. The van der Waals surface area contributed by atoms with Crippen LogP contribution >= 0.6 is 11.3 Å². The van der Waals surface area contributed by atoms with E-state index in [9.17, 15) is 9.59 Å². The second-order valence-electron chi connectivity index (χ2n) is 9.98. The number of hydrogen-bond acceptors (Lipinski definition) is 7. The van der Waals surface area contributed by atoms with Gasteiger partial charge in [0.1, 0.15) is 5.82 Å². The summed E-state index contributed by atoms with van der Waals surface area (Å²) in [5.74, 6) is 0.771. The molecule has 2 amide bonds. The Morgan fingerprint density at radius 3 is 2.86 bits per heavy atom. The quantitative estimate of drug-likeness (QED) is 0.374. The van der Waals surface area contributed by atoms with Gasteiger partial charge in [-0.25, -0.2) is 4.98 Å². The monoisotopic (exact) mass is 517 g/mol. The SMILES string of the molecule is C=C1NC(=O)C/C1=C\c1cnn2c(NC3CC3)cc(-c3ccc(C(=O)NCCCN4CCCC4)s3)nc12. The zero-order chi connectivity index (χ0) is 25.4. The van der Waals surface area contributed by atoms with E-state index in [0.29, 0.717) is 35.2 Å². The van der Waals surface area contributed by atoms with E-state index in [-0.39, 0.29) is 11.8 Å². The first kappa shape index (κ1) is 23.9. The average Bonchev–Trinajstić information content (AvgIpc) is 3.30. The summed E-state index contributed by atoms with van der Waals surface area (Å²) in [7, 11) is 0. The molecule has 3 aromatic heterocycles. The lowest BCUT2D eigenvalue weighted by Crippen LogP contribution is -2.28. The predicted octanol–water partition coefficient (Wildman–Crippen LogP) is 3.66. The zero-order valence-corrected chi connectivity index (χ0v) is 21.6. The van der Waals surface area contributed by atoms with Crippen molar-refractivity contribution < 1.29 is 9.59 Å². The molecule has 2 aliphatic heterocycles. The number of anilines is 1. The minimum atomic E-state index is -0.0575. The molecule has 1 aliphatic carbocycles. The Morgan fingerprint density at radius 2 is 2.11 bits per heavy atom. The fourth-order valence-electron chi connectivity index (χ4n) is 4.84. The Morgan fingerprint density at radius 1 is 1.27 bits per heavy atom. The number of likely N-dealkylation sites (tertiary alicyclic amines) is 1. The van der Waals surface area contributed by atoms with E-state index in [2.05, 4.69) is 32.5 Å². The van der Waals surface area contributed by atoms with Crippen LogP contribution in [0.4, 0.5) is 5.82 Å². The smallest absolute Gasteiger partial charge is 0.261 e. The number of carbonyl (C=O) groups excluding carboxylic acids is 2. The molecular formula is C27H31N7O2S. The van der Waals surface area contributed by atoms with Crippen molar-refractivity contribution in [2.75, 3.05) is 31.5 Å². The number of nitrogens with one attached hydrogen (secondary N) is 3. The first-order chi connectivity index (χ1) is 18.0. The van der Waals surface area contributed by atoms with Crippen molar-refractivity contribution in [3.8, 4) is 10.6 Å². The van der Waals surface area contributed by atoms with E-state index in [1.807, 2.05) is 28.8 Å². The van der Waals surface area contributed by atoms with Crippen LogP contribution in [0.5, 0.6) is 0 Å². The van der Waals surface area contributed by atoms with Crippen molar-refractivity contribution in [2.45, 2.75) is 44.6 Å². The molecule has 6 rings (SSSR count). The van der Waals surface area contributed by atoms with E-state index in [1.54, 1.807) is 6.20 Å². The van der Waals surface area contributed by atoms with Gasteiger partial charge in [-0.05, 0) is 75.5 Å². The van der Waals surface area contributed by atoms with E-state index in [4.69, 9.17) is 4.98 Å². The van der Waals surface area contributed by atoms with Crippen molar-refractivity contribution in [2.24, 2.45) is 0 Å². The van der Waals surface area contributed by atoms with Crippen LogP contribution in [-0.4, -0.2) is 63.5 Å². The van der Waals surface area contributed by atoms with Crippen LogP contribution in [0.2, 0.25) is 0 Å². The number of thiophene rings is 1. The van der Waals surface area contributed by atoms with E-state index >= 15 is 0 Å². The van der Waals surface area contributed by atoms with Gasteiger partial charge < -0.3 is 20.9 Å². The number of carbonyl (C=O) groups is 2. The summed E-state index contributed by atoms with van der Waals surface area (Å²) in [5, 5.41) is 13.9. The predicted molar refractivity (Wildman–Crippen MR) is 145 cm³/mol. The van der Waals surface area contributed by atoms with Gasteiger partial charge in [-0.1, -0.05) is 6.58 Å². The van der Waals surface area contributed by atoms with Crippen LogP contribution in [-0.2, 0) is 4.79 Å². The maximum atomic E-state index is 12.8. The molecule has 10 heteroatoms. The molecule has 5 heterocycles. The fraction of sp³-hybridized carbons (Fsp3) is 0.407. The van der Waals surface area contributed by atoms with Crippen LogP contribution in [0, 0.1) is 0 Å². The number of aromatic nitrogens is 3. The minimum absolute atomic E-state index is 0.0400. The van der Waals surface area contributed by atoms with Crippen LogP contribution in [0.25, 0.3) is 22.3 Å². The van der Waals surface area contributed by atoms with Gasteiger partial charge in [-0.15, -0.1) is 11.3 Å². The molecule has 3 aliphatic rings. The van der Waals surface area contributed by atoms with Gasteiger partial charge in [0.2, 0.25) is 5.91 Å². The normalized spacial score (nSPS) is 19.2. The number of allylic oxidation sites excluding steroid dienone is 1. The van der Waals surface area contributed by atoms with Crippen molar-refractivity contribution in [3.05, 3.63) is 52.7 Å². The second-order valence-corrected chi connectivity index (χ2v) is 11.1. The fourth-order valence-corrected chi connectivity index (χ4v) is 5.72. The molecular weight excluding hydrogens is 486 g/mol. The summed E-state index contributed by atoms with van der Waals surface area (Å²) >= 11 is 1.44. The number of rotatable bonds is 9. The molecule has 0 radical (unpaired) electrons. The maximum Gasteiger partial charge on any atom is 0.261 e. The summed E-state index contributed by atoms with van der Waals surface area (Å²) in [6.07, 6.45) is 9.78. The van der Waals surface area contributed by atoms with E-state index in [0.717, 1.165) is 53.3 Å². The maximum absolute atomic E-state index is 12.8. The van der Waals surface area contributed by atoms with Gasteiger partial charge in [-0.3, -0.25) is 9.59 Å². The van der Waals surface area contributed by atoms with Gasteiger partial charge in [0.15, 0.2) is 5.65 Å². The molecule has 0 unspecified atom stereocenters. The summed E-state index contributed by atoms with van der Waals surface area (Å²) in [6.45, 7) is 8.02. The van der Waals surface area contributed by atoms with Crippen molar-refractivity contribution in [1.82, 2.24) is 30.1 Å². The summed E-state index contributed by atoms with van der Waals surface area (Å²) in [5.41, 5.74) is 3.76. The van der Waals surface area contributed by atoms with Gasteiger partial charge in [-0.2, -0.15) is 9.61 Å². The highest BCUT2D eigenvalue weighted by Crippen LogP contribution is 2.33. The molecule has 3 fully saturated rings. The Labute approximate surface area is 219 Å². The third-order valence-corrected chi connectivity index (χ3v) is 8.11. The number of amides is 2. The molecule has 0 bridgehead atoms. The second kappa shape index (κ2) is 10.1. The first-order valence-corrected chi connectivity index (χ1v) is 13.8. The highest BCUT2D eigenvalue weighted by Gasteiger charge is 2.24. The molecule has 192 valence electrons. The van der Waals surface area contributed by atoms with Gasteiger partial charge in [0.25, 0.3) is 5.91 Å². The van der Waals surface area contributed by atoms with Gasteiger partial charge >= 0.3 is 0 Å². The van der Waals surface area contributed by atoms with E-state index in [1.165, 1.54) is 37.3 Å². The Kier molecular flexibility index (Phi) is 6.52. The lowest BCUT2D eigenvalue weighted by Gasteiger charge is -2.14. The molecule has 0 aromatic carbocycles. The third-order valence-electron chi connectivity index (χ3n) is 7.00. The van der Waals surface area contributed by atoms with Crippen LogP contribution in [0.1, 0.15) is 53.8 Å². The minimum Gasteiger partial charge on any atom is -0.367 e. The molecule has 2 saturated heterocycles. The van der Waals surface area contributed by atoms with Crippen LogP contribution in [0.15, 0.2) is 42.2 Å². The van der Waals surface area contributed by atoms with Gasteiger partial charge in [0.05, 0.1) is 28.1 Å². The highest BCUT2D eigenvalue weighted by atomic mass is 32.1. The Hall–Kier alpha value is -3.50. The van der Waals surface area contributed by atoms with Gasteiger partial charge in [0, 0.05) is 29.9 Å². The number of fused-ring (bicyclic) bond motifs is 1. The Bertz CT molecular complexity index is 1390. The lowest BCUT2D eigenvalue weighted by molar-refractivity contribution is -0.118. The van der Waals surface area contributed by atoms with Crippen molar-refractivity contribution >= 4 is 40.7 Å². The van der Waals surface area contributed by atoms with Crippen LogP contribution in [0.3, 0.4) is 0 Å². The molecule has 37 heavy (non-hydrogen) atoms. The lowest BCUT2D eigenvalue weighted by atomic mass is 10.1. The topological polar surface area (TPSA) is 104 Å². The standard InChI is InChI=1S/C27H31N7O2S/c1-17-18(14-25(35)30-17)13-19-16-29-34-24(31-20-5-6-20)15-21(32-26(19)34)22-7-8-23(37-22)27(36)28-9-4-12-33-10-2-3-11-33/h7-8,13,15-16,20,31H,1-6,9-12,14H2,(H,28,36)(H,30,35)/b18-13+. The molecule has 3 N–H and O–H groups in total. The molecule has 0 atom stereocenters. The molecule has 1 saturated carbocycles. The average molecular weight is 518 g/mol. The number of nitrogens with zero attached hydrogens (tertiary/aromatic N) is 4. The summed E-state index contributed by atoms with van der Waals surface area (Å²) in [4.78, 5) is 33.5. The van der Waals surface area contributed by atoms with Crippen LogP contribution < -0.4 is 16.0 Å². The molecule has 9 nitrogen and oxygen atoms in total. The van der Waals surface area contributed by atoms with Crippen molar-refractivity contribution in [3.63, 3.8) is 0 Å². The largest absolute Gasteiger partial charge is 0.367 e. The first-order valence-electron chi connectivity index (χ1n) is 13.0.